The third kappa shape index (κ3) is 2.88. The van der Waals surface area contributed by atoms with E-state index in [0.29, 0.717) is 0 Å². The lowest BCUT2D eigenvalue weighted by atomic mass is 9.86. The summed E-state index contributed by atoms with van der Waals surface area (Å²) in [6.07, 6.45) is 5.65. The number of hydrogen-bond acceptors (Lipinski definition) is 1. The summed E-state index contributed by atoms with van der Waals surface area (Å²) < 4.78 is 0. The Morgan fingerprint density at radius 1 is 1.05 bits per heavy atom. The fourth-order valence-corrected chi connectivity index (χ4v) is 3.20. The monoisotopic (exact) mass is 269 g/mol. The summed E-state index contributed by atoms with van der Waals surface area (Å²) >= 11 is 0. The van der Waals surface area contributed by atoms with E-state index in [9.17, 15) is 0 Å². The van der Waals surface area contributed by atoms with Gasteiger partial charge in [0.25, 0.3) is 0 Å². The third-order valence-corrected chi connectivity index (χ3v) is 4.27. The van der Waals surface area contributed by atoms with E-state index in [0.717, 1.165) is 19.3 Å². The lowest BCUT2D eigenvalue weighted by Crippen LogP contribution is -2.14. The molecule has 2 rings (SSSR count). The van der Waals surface area contributed by atoms with Gasteiger partial charge in [0, 0.05) is 6.04 Å². The lowest BCUT2D eigenvalue weighted by Gasteiger charge is -2.21. The summed E-state index contributed by atoms with van der Waals surface area (Å²) in [5.74, 6) is 0. The van der Waals surface area contributed by atoms with Crippen LogP contribution in [0.5, 0.6) is 0 Å². The summed E-state index contributed by atoms with van der Waals surface area (Å²) in [5.41, 5.74) is 10.9. The lowest BCUT2D eigenvalue weighted by molar-refractivity contribution is 0.602. The minimum absolute atomic E-state index is 0.168. The topological polar surface area (TPSA) is 26.0 Å². The first-order valence-electron chi connectivity index (χ1n) is 8.01. The van der Waals surface area contributed by atoms with Crippen LogP contribution in [-0.4, -0.2) is 0 Å². The van der Waals surface area contributed by atoms with E-state index in [4.69, 9.17) is 5.73 Å². The molecule has 108 valence electrons. The van der Waals surface area contributed by atoms with Crippen LogP contribution >= 0.6 is 0 Å². The molecule has 0 aliphatic rings. The van der Waals surface area contributed by atoms with Gasteiger partial charge in [-0.2, -0.15) is 0 Å². The molecule has 0 aromatic heterocycles. The Morgan fingerprint density at radius 3 is 2.45 bits per heavy atom. The molecular weight excluding hydrogens is 242 g/mol. The van der Waals surface area contributed by atoms with Crippen LogP contribution in [0.1, 0.15) is 62.8 Å². The van der Waals surface area contributed by atoms with Crippen LogP contribution in [0.25, 0.3) is 10.8 Å². The van der Waals surface area contributed by atoms with Gasteiger partial charge >= 0.3 is 0 Å². The summed E-state index contributed by atoms with van der Waals surface area (Å²) in [5, 5.41) is 2.69. The predicted octanol–water partition coefficient (Wildman–Crippen LogP) is 5.15. The molecule has 0 radical (unpaired) electrons. The Hall–Kier alpha value is -1.34. The second-order valence-corrected chi connectivity index (χ2v) is 5.60. The normalized spacial score (nSPS) is 12.8. The molecule has 0 bridgehead atoms. The zero-order chi connectivity index (χ0) is 14.5. The maximum Gasteiger partial charge on any atom is 0.0303 e. The number of nitrogens with two attached hydrogens (primary N) is 1. The molecule has 0 saturated heterocycles. The molecule has 0 spiro atoms. The van der Waals surface area contributed by atoms with E-state index in [1.807, 2.05) is 0 Å². The molecule has 0 amide bonds. The van der Waals surface area contributed by atoms with Crippen LogP contribution in [0, 0.1) is 0 Å². The van der Waals surface area contributed by atoms with E-state index in [-0.39, 0.29) is 6.04 Å². The summed E-state index contributed by atoms with van der Waals surface area (Å²) in [4.78, 5) is 0. The van der Waals surface area contributed by atoms with Gasteiger partial charge in [0.05, 0.1) is 0 Å². The molecule has 1 unspecified atom stereocenters. The largest absolute Gasteiger partial charge is 0.324 e. The first kappa shape index (κ1) is 15.1. The van der Waals surface area contributed by atoms with Crippen molar-refractivity contribution < 1.29 is 0 Å². The third-order valence-electron chi connectivity index (χ3n) is 4.27. The van der Waals surface area contributed by atoms with Crippen molar-refractivity contribution in [3.8, 4) is 0 Å². The first-order chi connectivity index (χ1) is 9.72. The molecule has 0 fully saturated rings. The molecule has 1 atom stereocenters. The number of aryl methyl sites for hydroxylation is 1. The van der Waals surface area contributed by atoms with E-state index >= 15 is 0 Å². The van der Waals surface area contributed by atoms with Crippen LogP contribution in [-0.2, 0) is 12.8 Å². The van der Waals surface area contributed by atoms with Crippen LogP contribution in [0.15, 0.2) is 30.3 Å². The van der Waals surface area contributed by atoms with Gasteiger partial charge in [0.15, 0.2) is 0 Å². The average molecular weight is 269 g/mol. The molecule has 1 heteroatoms. The fourth-order valence-electron chi connectivity index (χ4n) is 3.20. The van der Waals surface area contributed by atoms with Gasteiger partial charge in [-0.15, -0.1) is 0 Å². The van der Waals surface area contributed by atoms with Crippen molar-refractivity contribution in [1.29, 1.82) is 0 Å². The van der Waals surface area contributed by atoms with Crippen molar-refractivity contribution in [1.82, 2.24) is 0 Å². The molecule has 0 aliphatic carbocycles. The fraction of sp³-hybridized carbons (Fsp3) is 0.474. The van der Waals surface area contributed by atoms with Gasteiger partial charge in [-0.25, -0.2) is 0 Å². The second-order valence-electron chi connectivity index (χ2n) is 5.60. The summed E-state index contributed by atoms with van der Waals surface area (Å²) in [6, 6.07) is 11.2. The highest BCUT2D eigenvalue weighted by Crippen LogP contribution is 2.32. The van der Waals surface area contributed by atoms with Crippen LogP contribution in [0.4, 0.5) is 0 Å². The number of unbranched alkanes of at least 4 members (excludes halogenated alkanes) is 1. The van der Waals surface area contributed by atoms with Crippen molar-refractivity contribution in [2.75, 3.05) is 0 Å². The van der Waals surface area contributed by atoms with Crippen molar-refractivity contribution in [3.05, 3.63) is 47.0 Å². The molecule has 0 saturated carbocycles. The Kier molecular flexibility index (Phi) is 5.19. The average Bonchev–Trinajstić information content (AvgIpc) is 2.50. The Morgan fingerprint density at radius 2 is 1.80 bits per heavy atom. The summed E-state index contributed by atoms with van der Waals surface area (Å²) in [7, 11) is 0. The highest BCUT2D eigenvalue weighted by Gasteiger charge is 2.16. The van der Waals surface area contributed by atoms with Crippen LogP contribution in [0.2, 0.25) is 0 Å². The van der Waals surface area contributed by atoms with Crippen LogP contribution < -0.4 is 5.73 Å². The molecule has 2 aromatic rings. The molecule has 0 heterocycles. The van der Waals surface area contributed by atoms with E-state index in [2.05, 4.69) is 51.1 Å². The van der Waals surface area contributed by atoms with Crippen molar-refractivity contribution in [2.24, 2.45) is 5.73 Å². The van der Waals surface area contributed by atoms with Gasteiger partial charge < -0.3 is 5.73 Å². The quantitative estimate of drug-likeness (QED) is 0.770. The predicted molar refractivity (Wildman–Crippen MR) is 89.2 cm³/mol. The molecule has 2 N–H and O–H groups in total. The van der Waals surface area contributed by atoms with Gasteiger partial charge in [0.2, 0.25) is 0 Å². The smallest absolute Gasteiger partial charge is 0.0303 e. The number of hydrogen-bond donors (Lipinski definition) is 1. The van der Waals surface area contributed by atoms with E-state index < -0.39 is 0 Å². The SMILES string of the molecule is CCCCC(N)c1c(CC)c(CC)cc2ccccc12. The van der Waals surface area contributed by atoms with Crippen molar-refractivity contribution in [3.63, 3.8) is 0 Å². The molecule has 1 nitrogen and oxygen atoms in total. The molecule has 2 aromatic carbocycles. The molecular formula is C19H27N. The maximum absolute atomic E-state index is 6.55. The maximum atomic E-state index is 6.55. The Bertz CT molecular complexity index is 571. The van der Waals surface area contributed by atoms with Gasteiger partial charge in [-0.05, 0) is 46.7 Å². The zero-order valence-corrected chi connectivity index (χ0v) is 13.1. The van der Waals surface area contributed by atoms with E-state index in [1.165, 1.54) is 40.3 Å². The highest BCUT2D eigenvalue weighted by atomic mass is 14.6. The Labute approximate surface area is 123 Å². The van der Waals surface area contributed by atoms with Gasteiger partial charge in [-0.1, -0.05) is 63.9 Å². The number of rotatable bonds is 6. The number of benzene rings is 2. The Balaban J connectivity index is 2.63. The summed E-state index contributed by atoms with van der Waals surface area (Å²) in [6.45, 7) is 6.72. The van der Waals surface area contributed by atoms with E-state index in [1.54, 1.807) is 0 Å². The molecule has 0 aliphatic heterocycles. The van der Waals surface area contributed by atoms with Crippen molar-refractivity contribution >= 4 is 10.8 Å². The van der Waals surface area contributed by atoms with Gasteiger partial charge in [0.1, 0.15) is 0 Å². The standard InChI is InChI=1S/C19H27N/c1-4-7-12-18(20)19-16(6-3)14(5-2)13-15-10-8-9-11-17(15)19/h8-11,13,18H,4-7,12,20H2,1-3H3. The first-order valence-corrected chi connectivity index (χ1v) is 8.01. The van der Waals surface area contributed by atoms with Crippen molar-refractivity contribution in [2.45, 2.75) is 58.9 Å². The second kappa shape index (κ2) is 6.90. The zero-order valence-electron chi connectivity index (χ0n) is 13.1. The number of fused-ring (bicyclic) bond motifs is 1. The van der Waals surface area contributed by atoms with Crippen LogP contribution in [0.3, 0.4) is 0 Å². The molecule has 20 heavy (non-hydrogen) atoms. The van der Waals surface area contributed by atoms with Gasteiger partial charge in [-0.3, -0.25) is 0 Å². The minimum atomic E-state index is 0.168. The minimum Gasteiger partial charge on any atom is -0.324 e. The highest BCUT2D eigenvalue weighted by molar-refractivity contribution is 5.88.